The van der Waals surface area contributed by atoms with Gasteiger partial charge in [0.15, 0.2) is 0 Å². The Hall–Kier alpha value is -0.180. The summed E-state index contributed by atoms with van der Waals surface area (Å²) >= 11 is 4.06. The summed E-state index contributed by atoms with van der Waals surface area (Å²) in [5, 5.41) is 0. The standard InChI is InChI=1S/C12H22O2S/c1-10(2)12(7-4-3-5-8-12)14-11(13)6-9-15/h10,15H,3-9H2,1-2H3. The Balaban J connectivity index is 2.60. The Bertz CT molecular complexity index is 208. The van der Waals surface area contributed by atoms with Crippen molar-refractivity contribution >= 4 is 18.6 Å². The van der Waals surface area contributed by atoms with E-state index in [0.29, 0.717) is 18.1 Å². The second-order valence-corrected chi connectivity index (χ2v) is 5.18. The molecule has 1 fully saturated rings. The normalized spacial score (nSPS) is 20.3. The van der Waals surface area contributed by atoms with Crippen molar-refractivity contribution in [1.29, 1.82) is 0 Å². The van der Waals surface area contributed by atoms with Gasteiger partial charge >= 0.3 is 5.97 Å². The molecule has 0 heterocycles. The van der Waals surface area contributed by atoms with Crippen LogP contribution in [0.25, 0.3) is 0 Å². The number of ether oxygens (including phenoxy) is 1. The van der Waals surface area contributed by atoms with E-state index in [1.54, 1.807) is 0 Å². The van der Waals surface area contributed by atoms with Crippen molar-refractivity contribution < 1.29 is 9.53 Å². The lowest BCUT2D eigenvalue weighted by Gasteiger charge is -2.40. The molecule has 1 rings (SSSR count). The summed E-state index contributed by atoms with van der Waals surface area (Å²) in [6.45, 7) is 4.30. The van der Waals surface area contributed by atoms with E-state index < -0.39 is 0 Å². The van der Waals surface area contributed by atoms with Crippen molar-refractivity contribution in [3.05, 3.63) is 0 Å². The molecule has 1 saturated carbocycles. The van der Waals surface area contributed by atoms with Gasteiger partial charge in [0.25, 0.3) is 0 Å². The van der Waals surface area contributed by atoms with Crippen molar-refractivity contribution in [3.63, 3.8) is 0 Å². The fourth-order valence-corrected chi connectivity index (χ4v) is 2.50. The number of rotatable bonds is 4. The zero-order valence-electron chi connectivity index (χ0n) is 9.79. The van der Waals surface area contributed by atoms with Crippen molar-refractivity contribution in [3.8, 4) is 0 Å². The summed E-state index contributed by atoms with van der Waals surface area (Å²) in [6.07, 6.45) is 6.14. The summed E-state index contributed by atoms with van der Waals surface area (Å²) in [7, 11) is 0. The fourth-order valence-electron chi connectivity index (χ4n) is 2.32. The molecule has 0 spiro atoms. The molecule has 0 aromatic carbocycles. The van der Waals surface area contributed by atoms with E-state index in [1.807, 2.05) is 0 Å². The summed E-state index contributed by atoms with van der Waals surface area (Å²) in [5.41, 5.74) is -0.182. The van der Waals surface area contributed by atoms with Gasteiger partial charge in [-0.2, -0.15) is 12.6 Å². The molecule has 3 heteroatoms. The third kappa shape index (κ3) is 3.40. The molecule has 0 unspecified atom stereocenters. The van der Waals surface area contributed by atoms with Crippen molar-refractivity contribution in [2.24, 2.45) is 5.92 Å². The molecule has 0 aromatic rings. The van der Waals surface area contributed by atoms with Crippen LogP contribution in [0.2, 0.25) is 0 Å². The van der Waals surface area contributed by atoms with Gasteiger partial charge in [0.05, 0.1) is 6.42 Å². The van der Waals surface area contributed by atoms with Crippen molar-refractivity contribution in [2.75, 3.05) is 5.75 Å². The minimum absolute atomic E-state index is 0.0828. The third-order valence-electron chi connectivity index (χ3n) is 3.39. The van der Waals surface area contributed by atoms with E-state index in [2.05, 4.69) is 26.5 Å². The molecule has 1 aliphatic rings. The predicted molar refractivity (Wildman–Crippen MR) is 65.2 cm³/mol. The van der Waals surface area contributed by atoms with Gasteiger partial charge in [0.1, 0.15) is 5.60 Å². The van der Waals surface area contributed by atoms with Gasteiger partial charge < -0.3 is 4.74 Å². The van der Waals surface area contributed by atoms with Crippen LogP contribution in [0.5, 0.6) is 0 Å². The Morgan fingerprint density at radius 3 is 2.40 bits per heavy atom. The van der Waals surface area contributed by atoms with Crippen LogP contribution < -0.4 is 0 Å². The number of hydrogen-bond donors (Lipinski definition) is 1. The number of hydrogen-bond acceptors (Lipinski definition) is 3. The topological polar surface area (TPSA) is 26.3 Å². The van der Waals surface area contributed by atoms with Crippen LogP contribution in [0.3, 0.4) is 0 Å². The highest BCUT2D eigenvalue weighted by Gasteiger charge is 2.38. The molecule has 2 nitrogen and oxygen atoms in total. The minimum atomic E-state index is -0.182. The van der Waals surface area contributed by atoms with E-state index in [9.17, 15) is 4.79 Å². The summed E-state index contributed by atoms with van der Waals surface area (Å²) in [5.74, 6) is 0.912. The maximum absolute atomic E-state index is 11.5. The Kier molecular flexibility index (Phi) is 4.97. The first kappa shape index (κ1) is 12.9. The highest BCUT2D eigenvalue weighted by atomic mass is 32.1. The average Bonchev–Trinajstić information content (AvgIpc) is 2.19. The van der Waals surface area contributed by atoms with Crippen LogP contribution in [0.15, 0.2) is 0 Å². The summed E-state index contributed by atoms with van der Waals surface area (Å²) in [6, 6.07) is 0. The predicted octanol–water partition coefficient (Wildman–Crippen LogP) is 3.21. The van der Waals surface area contributed by atoms with E-state index in [0.717, 1.165) is 12.8 Å². The molecular formula is C12H22O2S. The lowest BCUT2D eigenvalue weighted by atomic mass is 9.77. The van der Waals surface area contributed by atoms with Crippen molar-refractivity contribution in [1.82, 2.24) is 0 Å². The number of thiol groups is 1. The molecule has 0 saturated heterocycles. The van der Waals surface area contributed by atoms with Gasteiger partial charge in [-0.05, 0) is 31.6 Å². The molecule has 1 aliphatic carbocycles. The molecule has 0 bridgehead atoms. The fraction of sp³-hybridized carbons (Fsp3) is 0.917. The van der Waals surface area contributed by atoms with Gasteiger partial charge in [-0.25, -0.2) is 0 Å². The first-order valence-corrected chi connectivity index (χ1v) is 6.57. The van der Waals surface area contributed by atoms with Gasteiger partial charge in [-0.3, -0.25) is 4.79 Å². The van der Waals surface area contributed by atoms with E-state index in [1.165, 1.54) is 19.3 Å². The number of carbonyl (C=O) groups is 1. The maximum Gasteiger partial charge on any atom is 0.307 e. The average molecular weight is 230 g/mol. The second-order valence-electron chi connectivity index (χ2n) is 4.73. The Morgan fingerprint density at radius 1 is 1.33 bits per heavy atom. The lowest BCUT2D eigenvalue weighted by Crippen LogP contribution is -2.42. The lowest BCUT2D eigenvalue weighted by molar-refractivity contribution is -0.169. The van der Waals surface area contributed by atoms with Gasteiger partial charge in [0, 0.05) is 5.75 Å². The molecule has 0 N–H and O–H groups in total. The monoisotopic (exact) mass is 230 g/mol. The summed E-state index contributed by atoms with van der Waals surface area (Å²) < 4.78 is 5.69. The quantitative estimate of drug-likeness (QED) is 0.593. The molecule has 0 aliphatic heterocycles. The van der Waals surface area contributed by atoms with E-state index in [4.69, 9.17) is 4.74 Å². The minimum Gasteiger partial charge on any atom is -0.459 e. The Morgan fingerprint density at radius 2 is 1.93 bits per heavy atom. The van der Waals surface area contributed by atoms with Gasteiger partial charge in [0.2, 0.25) is 0 Å². The smallest absolute Gasteiger partial charge is 0.307 e. The second kappa shape index (κ2) is 5.78. The zero-order valence-corrected chi connectivity index (χ0v) is 10.7. The highest BCUT2D eigenvalue weighted by molar-refractivity contribution is 7.80. The first-order valence-electron chi connectivity index (χ1n) is 5.93. The van der Waals surface area contributed by atoms with Crippen LogP contribution in [0.1, 0.15) is 52.4 Å². The molecule has 0 atom stereocenters. The SMILES string of the molecule is CC(C)C1(OC(=O)CCS)CCCCC1. The number of esters is 1. The van der Waals surface area contributed by atoms with Crippen LogP contribution in [0, 0.1) is 5.92 Å². The zero-order chi connectivity index (χ0) is 11.3. The maximum atomic E-state index is 11.5. The molecule has 88 valence electrons. The van der Waals surface area contributed by atoms with Crippen LogP contribution in [-0.2, 0) is 9.53 Å². The van der Waals surface area contributed by atoms with E-state index in [-0.39, 0.29) is 11.6 Å². The molecular weight excluding hydrogens is 208 g/mol. The number of carbonyl (C=O) groups excluding carboxylic acids is 1. The molecule has 15 heavy (non-hydrogen) atoms. The summed E-state index contributed by atoms with van der Waals surface area (Å²) in [4.78, 5) is 11.5. The highest BCUT2D eigenvalue weighted by Crippen LogP contribution is 2.37. The van der Waals surface area contributed by atoms with Crippen molar-refractivity contribution in [2.45, 2.75) is 58.0 Å². The third-order valence-corrected chi connectivity index (χ3v) is 3.61. The Labute approximate surface area is 98.2 Å². The van der Waals surface area contributed by atoms with Gasteiger partial charge in [-0.1, -0.05) is 20.3 Å². The molecule has 0 radical (unpaired) electrons. The van der Waals surface area contributed by atoms with Gasteiger partial charge in [-0.15, -0.1) is 0 Å². The largest absolute Gasteiger partial charge is 0.459 e. The van der Waals surface area contributed by atoms with Crippen LogP contribution in [0.4, 0.5) is 0 Å². The molecule has 0 amide bonds. The van der Waals surface area contributed by atoms with Crippen LogP contribution in [-0.4, -0.2) is 17.3 Å². The molecule has 0 aromatic heterocycles. The van der Waals surface area contributed by atoms with Crippen LogP contribution >= 0.6 is 12.6 Å². The first-order chi connectivity index (χ1) is 7.10. The van der Waals surface area contributed by atoms with E-state index >= 15 is 0 Å².